The van der Waals surface area contributed by atoms with Crippen LogP contribution in [0.1, 0.15) is 41.6 Å². The molecule has 0 fully saturated rings. The first-order chi connectivity index (χ1) is 17.5. The minimum atomic E-state index is -0.228. The number of nitriles is 1. The van der Waals surface area contributed by atoms with Crippen molar-refractivity contribution in [3.05, 3.63) is 117 Å². The molecule has 1 unspecified atom stereocenters. The zero-order valence-corrected chi connectivity index (χ0v) is 22.2. The van der Waals surface area contributed by atoms with Crippen LogP contribution >= 0.6 is 27.5 Å². The van der Waals surface area contributed by atoms with Crippen LogP contribution in [0.15, 0.2) is 89.4 Å². The average molecular weight is 562 g/mol. The van der Waals surface area contributed by atoms with Crippen molar-refractivity contribution in [1.29, 1.82) is 5.26 Å². The molecule has 0 amide bonds. The third-order valence-corrected chi connectivity index (χ3v) is 7.13. The van der Waals surface area contributed by atoms with Gasteiger partial charge in [0.2, 0.25) is 0 Å². The van der Waals surface area contributed by atoms with Gasteiger partial charge in [-0.15, -0.1) is 0 Å². The zero-order valence-electron chi connectivity index (χ0n) is 19.9. The van der Waals surface area contributed by atoms with Crippen LogP contribution in [0.25, 0.3) is 11.1 Å². The summed E-state index contributed by atoms with van der Waals surface area (Å²) in [6.45, 7) is 2.63. The Hall–Kier alpha value is -3.30. The third-order valence-electron chi connectivity index (χ3n) is 5.90. The van der Waals surface area contributed by atoms with E-state index < -0.39 is 0 Å². The highest BCUT2D eigenvalue weighted by Crippen LogP contribution is 2.38. The summed E-state index contributed by atoms with van der Waals surface area (Å²) in [6, 6.07) is 29.2. The van der Waals surface area contributed by atoms with E-state index in [0.717, 1.165) is 38.7 Å². The van der Waals surface area contributed by atoms with E-state index in [9.17, 15) is 5.26 Å². The van der Waals surface area contributed by atoms with Gasteiger partial charge in [0.25, 0.3) is 0 Å². The number of rotatable bonds is 9. The molecular weight excluding hydrogens is 536 g/mol. The van der Waals surface area contributed by atoms with Crippen molar-refractivity contribution in [2.45, 2.75) is 32.6 Å². The summed E-state index contributed by atoms with van der Waals surface area (Å²) in [5.41, 5.74) is 11.9. The van der Waals surface area contributed by atoms with Gasteiger partial charge in [0.1, 0.15) is 24.7 Å². The van der Waals surface area contributed by atoms with Crippen molar-refractivity contribution in [3.8, 4) is 28.7 Å². The van der Waals surface area contributed by atoms with E-state index in [1.165, 1.54) is 0 Å². The summed E-state index contributed by atoms with van der Waals surface area (Å²) in [6.07, 6.45) is 0.732. The molecule has 0 spiro atoms. The maximum atomic E-state index is 9.18. The second kappa shape index (κ2) is 12.1. The normalized spacial score (nSPS) is 11.5. The molecule has 36 heavy (non-hydrogen) atoms. The van der Waals surface area contributed by atoms with E-state index in [-0.39, 0.29) is 6.04 Å². The van der Waals surface area contributed by atoms with Crippen LogP contribution in [0.4, 0.5) is 0 Å². The van der Waals surface area contributed by atoms with E-state index in [4.69, 9.17) is 26.8 Å². The third kappa shape index (κ3) is 6.09. The standard InChI is InChI=1S/C30H26BrClN2O2/c1-2-27(34)25-15-26(32)29(16-28(25)35-18-21-9-6-8-20(14-21)17-33)36-19-23-12-7-13-24(30(23)31)22-10-4-3-5-11-22/h3-16,27H,2,18-19,34H2,1H3. The van der Waals surface area contributed by atoms with Gasteiger partial charge >= 0.3 is 0 Å². The Morgan fingerprint density at radius 2 is 1.67 bits per heavy atom. The highest BCUT2D eigenvalue weighted by molar-refractivity contribution is 9.10. The first-order valence-electron chi connectivity index (χ1n) is 11.7. The van der Waals surface area contributed by atoms with E-state index in [1.54, 1.807) is 12.1 Å². The zero-order chi connectivity index (χ0) is 25.5. The molecule has 0 heterocycles. The molecule has 0 aliphatic rings. The highest BCUT2D eigenvalue weighted by atomic mass is 79.9. The molecule has 4 nitrogen and oxygen atoms in total. The number of halogens is 2. The van der Waals surface area contributed by atoms with E-state index in [1.807, 2.05) is 61.5 Å². The quantitative estimate of drug-likeness (QED) is 0.224. The van der Waals surface area contributed by atoms with Crippen LogP contribution in [-0.4, -0.2) is 0 Å². The molecule has 0 radical (unpaired) electrons. The number of nitrogens with two attached hydrogens (primary N) is 1. The van der Waals surface area contributed by atoms with E-state index >= 15 is 0 Å². The lowest BCUT2D eigenvalue weighted by atomic mass is 10.0. The monoisotopic (exact) mass is 560 g/mol. The lowest BCUT2D eigenvalue weighted by Gasteiger charge is -2.19. The Bertz CT molecular complexity index is 1390. The number of ether oxygens (including phenoxy) is 2. The SMILES string of the molecule is CCC(N)c1cc(Cl)c(OCc2cccc(-c3ccccc3)c2Br)cc1OCc1cccc(C#N)c1. The molecule has 0 aliphatic heterocycles. The second-order valence-electron chi connectivity index (χ2n) is 8.37. The van der Waals surface area contributed by atoms with Crippen molar-refractivity contribution < 1.29 is 9.47 Å². The van der Waals surface area contributed by atoms with Crippen molar-refractivity contribution >= 4 is 27.5 Å². The Balaban J connectivity index is 1.58. The second-order valence-corrected chi connectivity index (χ2v) is 9.57. The first kappa shape index (κ1) is 25.8. The molecule has 0 aliphatic carbocycles. The highest BCUT2D eigenvalue weighted by Gasteiger charge is 2.17. The predicted molar refractivity (Wildman–Crippen MR) is 148 cm³/mol. The van der Waals surface area contributed by atoms with Crippen LogP contribution in [0.2, 0.25) is 5.02 Å². The topological polar surface area (TPSA) is 68.3 Å². The summed E-state index contributed by atoms with van der Waals surface area (Å²) in [5.74, 6) is 1.13. The van der Waals surface area contributed by atoms with Crippen LogP contribution in [-0.2, 0) is 13.2 Å². The van der Waals surface area contributed by atoms with E-state index in [2.05, 4.69) is 40.2 Å². The summed E-state index contributed by atoms with van der Waals surface area (Å²) in [4.78, 5) is 0. The number of benzene rings is 4. The minimum Gasteiger partial charge on any atom is -0.488 e. The number of hydrogen-bond donors (Lipinski definition) is 1. The average Bonchev–Trinajstić information content (AvgIpc) is 2.92. The van der Waals surface area contributed by atoms with Gasteiger partial charge in [-0.2, -0.15) is 5.26 Å². The molecule has 2 N–H and O–H groups in total. The van der Waals surface area contributed by atoms with Gasteiger partial charge < -0.3 is 15.2 Å². The van der Waals surface area contributed by atoms with Crippen molar-refractivity contribution in [2.24, 2.45) is 5.73 Å². The molecule has 4 rings (SSSR count). The Labute approximate surface area is 225 Å². The predicted octanol–water partition coefficient (Wildman–Crippen LogP) is 8.21. The maximum Gasteiger partial charge on any atom is 0.142 e. The lowest BCUT2D eigenvalue weighted by Crippen LogP contribution is -2.11. The van der Waals surface area contributed by atoms with E-state index in [0.29, 0.717) is 35.3 Å². The van der Waals surface area contributed by atoms with Gasteiger partial charge in [-0.3, -0.25) is 0 Å². The molecule has 182 valence electrons. The maximum absolute atomic E-state index is 9.18. The van der Waals surface area contributed by atoms with Gasteiger partial charge in [0.05, 0.1) is 16.7 Å². The molecule has 4 aromatic carbocycles. The number of hydrogen-bond acceptors (Lipinski definition) is 4. The Morgan fingerprint density at radius 1 is 0.917 bits per heavy atom. The fraction of sp³-hybridized carbons (Fsp3) is 0.167. The largest absolute Gasteiger partial charge is 0.488 e. The Morgan fingerprint density at radius 3 is 2.42 bits per heavy atom. The summed E-state index contributed by atoms with van der Waals surface area (Å²) in [7, 11) is 0. The van der Waals surface area contributed by atoms with Crippen LogP contribution in [0, 0.1) is 11.3 Å². The molecule has 0 aromatic heterocycles. The molecular formula is C30H26BrClN2O2. The lowest BCUT2D eigenvalue weighted by molar-refractivity contribution is 0.286. The molecule has 0 saturated heterocycles. The van der Waals surface area contributed by atoms with Gasteiger partial charge in [0.15, 0.2) is 0 Å². The van der Waals surface area contributed by atoms with Crippen LogP contribution in [0.5, 0.6) is 11.5 Å². The molecule has 4 aromatic rings. The molecule has 0 saturated carbocycles. The van der Waals surface area contributed by atoms with Gasteiger partial charge in [-0.25, -0.2) is 0 Å². The minimum absolute atomic E-state index is 0.228. The summed E-state index contributed by atoms with van der Waals surface area (Å²) >= 11 is 10.4. The van der Waals surface area contributed by atoms with Crippen LogP contribution in [0.3, 0.4) is 0 Å². The Kier molecular flexibility index (Phi) is 8.66. The molecule has 6 heteroatoms. The smallest absolute Gasteiger partial charge is 0.142 e. The molecule has 1 atom stereocenters. The van der Waals surface area contributed by atoms with Gasteiger partial charge in [0, 0.05) is 27.7 Å². The van der Waals surface area contributed by atoms with Crippen molar-refractivity contribution in [1.82, 2.24) is 0 Å². The number of nitrogens with zero attached hydrogens (tertiary/aromatic N) is 1. The van der Waals surface area contributed by atoms with Gasteiger partial charge in [-0.05, 0) is 57.2 Å². The summed E-state index contributed by atoms with van der Waals surface area (Å²) in [5, 5.41) is 9.65. The van der Waals surface area contributed by atoms with Gasteiger partial charge in [-0.1, -0.05) is 79.2 Å². The fourth-order valence-electron chi connectivity index (χ4n) is 3.87. The molecule has 0 bridgehead atoms. The summed E-state index contributed by atoms with van der Waals surface area (Å²) < 4.78 is 13.3. The van der Waals surface area contributed by atoms with Crippen molar-refractivity contribution in [3.63, 3.8) is 0 Å². The first-order valence-corrected chi connectivity index (χ1v) is 12.8. The van der Waals surface area contributed by atoms with Crippen molar-refractivity contribution in [2.75, 3.05) is 0 Å². The van der Waals surface area contributed by atoms with Crippen LogP contribution < -0.4 is 15.2 Å². The fourth-order valence-corrected chi connectivity index (χ4v) is 4.71.